The van der Waals surface area contributed by atoms with Gasteiger partial charge < -0.3 is 14.2 Å². The number of nitrogens with zero attached hydrogens (tertiary/aromatic N) is 2. The van der Waals surface area contributed by atoms with Crippen LogP contribution >= 0.6 is 0 Å². The van der Waals surface area contributed by atoms with Crippen LogP contribution in [0.5, 0.6) is 0 Å². The van der Waals surface area contributed by atoms with Crippen LogP contribution in [0.2, 0.25) is 0 Å². The molecule has 0 saturated carbocycles. The van der Waals surface area contributed by atoms with Gasteiger partial charge in [0.05, 0.1) is 6.54 Å². The Balaban J connectivity index is 1.84. The summed E-state index contributed by atoms with van der Waals surface area (Å²) in [5.74, 6) is -0.676. The number of hydrogen-bond acceptors (Lipinski definition) is 3. The average molecular weight is 344 g/mol. The second kappa shape index (κ2) is 7.61. The number of rotatable bonds is 4. The highest BCUT2D eigenvalue weighted by Gasteiger charge is 2.25. The van der Waals surface area contributed by atoms with Crippen LogP contribution in [-0.4, -0.2) is 41.7 Å². The van der Waals surface area contributed by atoms with Gasteiger partial charge in [-0.25, -0.2) is 4.39 Å². The van der Waals surface area contributed by atoms with E-state index in [1.54, 1.807) is 42.4 Å². The summed E-state index contributed by atoms with van der Waals surface area (Å²) in [6, 6.07) is 9.55. The van der Waals surface area contributed by atoms with Crippen molar-refractivity contribution < 1.29 is 13.9 Å². The molecule has 6 heteroatoms. The third-order valence-corrected chi connectivity index (χ3v) is 4.61. The molecule has 132 valence electrons. The van der Waals surface area contributed by atoms with Crippen molar-refractivity contribution in [3.63, 3.8) is 0 Å². The van der Waals surface area contributed by atoms with Crippen LogP contribution in [0.3, 0.4) is 0 Å². The average Bonchev–Trinajstić information content (AvgIpc) is 2.65. The van der Waals surface area contributed by atoms with Crippen molar-refractivity contribution in [2.75, 3.05) is 20.3 Å². The monoisotopic (exact) mass is 344 g/mol. The van der Waals surface area contributed by atoms with E-state index in [1.807, 2.05) is 0 Å². The molecule has 1 aliphatic rings. The van der Waals surface area contributed by atoms with E-state index in [9.17, 15) is 14.0 Å². The highest BCUT2D eigenvalue weighted by atomic mass is 19.1. The Labute approximate surface area is 145 Å². The third-order valence-electron chi connectivity index (χ3n) is 4.61. The van der Waals surface area contributed by atoms with E-state index in [0.29, 0.717) is 18.8 Å². The first-order valence-electron chi connectivity index (χ1n) is 8.35. The first-order valence-corrected chi connectivity index (χ1v) is 8.35. The number of aromatic nitrogens is 1. The van der Waals surface area contributed by atoms with E-state index in [1.165, 1.54) is 16.7 Å². The summed E-state index contributed by atoms with van der Waals surface area (Å²) in [5, 5.41) is 0. The predicted octanol–water partition coefficient (Wildman–Crippen LogP) is 2.29. The van der Waals surface area contributed by atoms with Gasteiger partial charge in [-0.2, -0.15) is 0 Å². The fourth-order valence-corrected chi connectivity index (χ4v) is 3.06. The Hall–Kier alpha value is -2.47. The molecule has 0 N–H and O–H groups in total. The lowest BCUT2D eigenvalue weighted by Gasteiger charge is -2.31. The van der Waals surface area contributed by atoms with Gasteiger partial charge in [0.2, 0.25) is 0 Å². The molecule has 1 saturated heterocycles. The van der Waals surface area contributed by atoms with E-state index < -0.39 is 5.56 Å². The SMILES string of the molecule is CN(C(=O)c1cccn(Cc2ccccc2F)c1=O)C1CCOCC1. The molecule has 0 aliphatic carbocycles. The Morgan fingerprint density at radius 1 is 1.24 bits per heavy atom. The standard InChI is InChI=1S/C19H21FN2O3/c1-21(15-8-11-25-12-9-15)18(23)16-6-4-10-22(19(16)24)13-14-5-2-3-7-17(14)20/h2-7,10,15H,8-9,11-13H2,1H3. The molecule has 2 aromatic rings. The van der Waals surface area contributed by atoms with Gasteiger partial charge in [-0.05, 0) is 31.0 Å². The molecule has 5 nitrogen and oxygen atoms in total. The van der Waals surface area contributed by atoms with Gasteiger partial charge in [0, 0.05) is 38.1 Å². The molecule has 0 atom stereocenters. The zero-order chi connectivity index (χ0) is 17.8. The van der Waals surface area contributed by atoms with Gasteiger partial charge in [0.25, 0.3) is 11.5 Å². The minimum atomic E-state index is -0.408. The summed E-state index contributed by atoms with van der Waals surface area (Å²) >= 11 is 0. The topological polar surface area (TPSA) is 51.5 Å². The van der Waals surface area contributed by atoms with Crippen LogP contribution in [0.25, 0.3) is 0 Å². The lowest BCUT2D eigenvalue weighted by molar-refractivity contribution is 0.0361. The number of ether oxygens (including phenoxy) is 1. The molecule has 0 bridgehead atoms. The van der Waals surface area contributed by atoms with Gasteiger partial charge in [-0.1, -0.05) is 18.2 Å². The Morgan fingerprint density at radius 2 is 1.96 bits per heavy atom. The zero-order valence-electron chi connectivity index (χ0n) is 14.2. The number of pyridine rings is 1. The Bertz CT molecular complexity index is 812. The van der Waals surface area contributed by atoms with Gasteiger partial charge >= 0.3 is 0 Å². The molecule has 1 fully saturated rings. The smallest absolute Gasteiger partial charge is 0.263 e. The van der Waals surface area contributed by atoms with E-state index >= 15 is 0 Å². The normalized spacial score (nSPS) is 15.1. The Kier molecular flexibility index (Phi) is 5.28. The van der Waals surface area contributed by atoms with Crippen LogP contribution < -0.4 is 5.56 Å². The maximum atomic E-state index is 13.8. The highest BCUT2D eigenvalue weighted by Crippen LogP contribution is 2.15. The predicted molar refractivity (Wildman–Crippen MR) is 92.1 cm³/mol. The van der Waals surface area contributed by atoms with Crippen molar-refractivity contribution in [2.45, 2.75) is 25.4 Å². The maximum Gasteiger partial charge on any atom is 0.263 e. The van der Waals surface area contributed by atoms with E-state index in [0.717, 1.165) is 12.8 Å². The second-order valence-corrected chi connectivity index (χ2v) is 6.21. The van der Waals surface area contributed by atoms with Gasteiger partial charge in [-0.3, -0.25) is 9.59 Å². The molecule has 0 unspecified atom stereocenters. The van der Waals surface area contributed by atoms with Crippen LogP contribution in [0.15, 0.2) is 47.4 Å². The minimum absolute atomic E-state index is 0.0703. The molecule has 0 spiro atoms. The molecule has 25 heavy (non-hydrogen) atoms. The molecular formula is C19H21FN2O3. The van der Waals surface area contributed by atoms with Gasteiger partial charge in [-0.15, -0.1) is 0 Å². The van der Waals surface area contributed by atoms with Crippen LogP contribution in [0.4, 0.5) is 4.39 Å². The molecule has 3 rings (SSSR count). The zero-order valence-corrected chi connectivity index (χ0v) is 14.2. The molecule has 2 heterocycles. The number of hydrogen-bond donors (Lipinski definition) is 0. The van der Waals surface area contributed by atoms with Crippen molar-refractivity contribution in [1.29, 1.82) is 0 Å². The first kappa shape index (κ1) is 17.4. The number of amides is 1. The summed E-state index contributed by atoms with van der Waals surface area (Å²) in [6.45, 7) is 1.33. The summed E-state index contributed by atoms with van der Waals surface area (Å²) < 4.78 is 20.5. The maximum absolute atomic E-state index is 13.8. The highest BCUT2D eigenvalue weighted by molar-refractivity contribution is 5.93. The summed E-state index contributed by atoms with van der Waals surface area (Å²) in [4.78, 5) is 27.0. The van der Waals surface area contributed by atoms with Crippen LogP contribution in [0, 0.1) is 5.82 Å². The summed E-state index contributed by atoms with van der Waals surface area (Å²) in [7, 11) is 1.71. The van der Waals surface area contributed by atoms with E-state index in [-0.39, 0.29) is 29.9 Å². The van der Waals surface area contributed by atoms with Crippen molar-refractivity contribution in [3.05, 3.63) is 69.9 Å². The number of benzene rings is 1. The summed E-state index contributed by atoms with van der Waals surface area (Å²) in [5.41, 5.74) is 0.106. The quantitative estimate of drug-likeness (QED) is 0.855. The number of halogens is 1. The summed E-state index contributed by atoms with van der Waals surface area (Å²) in [6.07, 6.45) is 3.09. The fraction of sp³-hybridized carbons (Fsp3) is 0.368. The van der Waals surface area contributed by atoms with Crippen molar-refractivity contribution in [2.24, 2.45) is 0 Å². The van der Waals surface area contributed by atoms with E-state index in [2.05, 4.69) is 0 Å². The molecule has 1 aliphatic heterocycles. The lowest BCUT2D eigenvalue weighted by atomic mass is 10.1. The van der Waals surface area contributed by atoms with Crippen LogP contribution in [-0.2, 0) is 11.3 Å². The lowest BCUT2D eigenvalue weighted by Crippen LogP contribution is -2.43. The van der Waals surface area contributed by atoms with Crippen LogP contribution in [0.1, 0.15) is 28.8 Å². The number of carbonyl (C=O) groups is 1. The van der Waals surface area contributed by atoms with Crippen molar-refractivity contribution >= 4 is 5.91 Å². The molecular weight excluding hydrogens is 323 g/mol. The first-order chi connectivity index (χ1) is 12.1. The number of carbonyl (C=O) groups excluding carboxylic acids is 1. The van der Waals surface area contributed by atoms with E-state index in [4.69, 9.17) is 4.74 Å². The van der Waals surface area contributed by atoms with Crippen molar-refractivity contribution in [1.82, 2.24) is 9.47 Å². The molecule has 1 aromatic heterocycles. The second-order valence-electron chi connectivity index (χ2n) is 6.21. The van der Waals surface area contributed by atoms with Gasteiger partial charge in [0.1, 0.15) is 11.4 Å². The molecule has 0 radical (unpaired) electrons. The van der Waals surface area contributed by atoms with Crippen molar-refractivity contribution in [3.8, 4) is 0 Å². The van der Waals surface area contributed by atoms with Gasteiger partial charge in [0.15, 0.2) is 0 Å². The minimum Gasteiger partial charge on any atom is -0.381 e. The largest absolute Gasteiger partial charge is 0.381 e. The Morgan fingerprint density at radius 3 is 2.68 bits per heavy atom. The third kappa shape index (κ3) is 3.79. The molecule has 1 amide bonds. The fourth-order valence-electron chi connectivity index (χ4n) is 3.06. The molecule has 1 aromatic carbocycles.